The van der Waals surface area contributed by atoms with Crippen molar-refractivity contribution in [1.29, 1.82) is 0 Å². The number of nitrogens with zero attached hydrogens (tertiary/aromatic N) is 3. The van der Waals surface area contributed by atoms with Crippen LogP contribution in [0, 0.1) is 6.92 Å². The Hall–Kier alpha value is -1.63. The first-order valence-electron chi connectivity index (χ1n) is 7.06. The lowest BCUT2D eigenvalue weighted by Crippen LogP contribution is -2.39. The van der Waals surface area contributed by atoms with E-state index < -0.39 is 5.97 Å². The summed E-state index contributed by atoms with van der Waals surface area (Å²) in [5.74, 6) is -0.887. The third-order valence-electron chi connectivity index (χ3n) is 3.07. The van der Waals surface area contributed by atoms with Gasteiger partial charge in [-0.1, -0.05) is 13.3 Å². The van der Waals surface area contributed by atoms with Crippen LogP contribution in [-0.4, -0.2) is 53.5 Å². The van der Waals surface area contributed by atoms with Gasteiger partial charge >= 0.3 is 5.97 Å². The van der Waals surface area contributed by atoms with Gasteiger partial charge in [0.2, 0.25) is 5.91 Å². The molecule has 0 aliphatic carbocycles. The van der Waals surface area contributed by atoms with E-state index in [0.29, 0.717) is 5.13 Å². The summed E-state index contributed by atoms with van der Waals surface area (Å²) in [6.45, 7) is 5.13. The van der Waals surface area contributed by atoms with Crippen molar-refractivity contribution >= 4 is 28.3 Å². The van der Waals surface area contributed by atoms with Gasteiger partial charge in [0, 0.05) is 25.5 Å². The van der Waals surface area contributed by atoms with E-state index in [-0.39, 0.29) is 25.4 Å². The largest absolute Gasteiger partial charge is 0.481 e. The van der Waals surface area contributed by atoms with Crippen molar-refractivity contribution in [3.05, 3.63) is 11.1 Å². The van der Waals surface area contributed by atoms with E-state index in [1.807, 2.05) is 12.3 Å². The van der Waals surface area contributed by atoms with Gasteiger partial charge in [0.05, 0.1) is 18.7 Å². The molecule has 0 fully saturated rings. The Balaban J connectivity index is 2.68. The molecular formula is C14H23N3O3S. The van der Waals surface area contributed by atoms with E-state index >= 15 is 0 Å². The number of carboxylic acids is 1. The Morgan fingerprint density at radius 2 is 2.10 bits per heavy atom. The fraction of sp³-hybridized carbons (Fsp3) is 0.643. The summed E-state index contributed by atoms with van der Waals surface area (Å²) in [5.41, 5.74) is 0.877. The average Bonchev–Trinajstić information content (AvgIpc) is 2.86. The van der Waals surface area contributed by atoms with E-state index in [4.69, 9.17) is 5.11 Å². The highest BCUT2D eigenvalue weighted by Crippen LogP contribution is 2.20. The Kier molecular flexibility index (Phi) is 7.14. The minimum atomic E-state index is -0.875. The molecule has 1 amide bonds. The van der Waals surface area contributed by atoms with E-state index in [0.717, 1.165) is 25.1 Å². The summed E-state index contributed by atoms with van der Waals surface area (Å²) in [5, 5.41) is 11.4. The molecule has 0 saturated carbocycles. The molecule has 0 aliphatic heterocycles. The molecule has 6 nitrogen and oxygen atoms in total. The first kappa shape index (κ1) is 17.4. The maximum atomic E-state index is 12.2. The van der Waals surface area contributed by atoms with Gasteiger partial charge in [0.1, 0.15) is 0 Å². The number of anilines is 1. The molecule has 0 unspecified atom stereocenters. The van der Waals surface area contributed by atoms with Crippen LogP contribution in [0.15, 0.2) is 5.38 Å². The normalized spacial score (nSPS) is 10.4. The minimum absolute atomic E-state index is 0.00934. The second-order valence-corrected chi connectivity index (χ2v) is 5.84. The smallest absolute Gasteiger partial charge is 0.305 e. The van der Waals surface area contributed by atoms with Gasteiger partial charge in [0.15, 0.2) is 5.13 Å². The Morgan fingerprint density at radius 3 is 2.62 bits per heavy atom. The van der Waals surface area contributed by atoms with Gasteiger partial charge < -0.3 is 14.9 Å². The molecule has 1 heterocycles. The third kappa shape index (κ3) is 6.12. The molecule has 0 spiro atoms. The van der Waals surface area contributed by atoms with Crippen molar-refractivity contribution < 1.29 is 14.7 Å². The summed E-state index contributed by atoms with van der Waals surface area (Å²) in [6, 6.07) is 0. The molecule has 0 saturated heterocycles. The lowest BCUT2D eigenvalue weighted by atomic mass is 10.3. The fourth-order valence-corrected chi connectivity index (χ4v) is 2.59. The molecular weight excluding hydrogens is 290 g/mol. The molecule has 1 aromatic heterocycles. The second-order valence-electron chi connectivity index (χ2n) is 5.01. The molecule has 0 bridgehead atoms. The topological polar surface area (TPSA) is 73.7 Å². The number of thiazole rings is 1. The van der Waals surface area contributed by atoms with Gasteiger partial charge in [-0.05, 0) is 13.3 Å². The number of likely N-dealkylation sites (N-methyl/N-ethyl adjacent to an activating group) is 1. The maximum absolute atomic E-state index is 12.2. The van der Waals surface area contributed by atoms with Crippen molar-refractivity contribution in [3.63, 3.8) is 0 Å². The van der Waals surface area contributed by atoms with E-state index in [1.54, 1.807) is 16.8 Å². The Morgan fingerprint density at radius 1 is 1.38 bits per heavy atom. The van der Waals surface area contributed by atoms with Crippen molar-refractivity contribution in [3.8, 4) is 0 Å². The van der Waals surface area contributed by atoms with Gasteiger partial charge in [-0.15, -0.1) is 11.3 Å². The zero-order valence-corrected chi connectivity index (χ0v) is 13.7. The monoisotopic (exact) mass is 313 g/mol. The van der Waals surface area contributed by atoms with Crippen LogP contribution in [0.1, 0.15) is 31.9 Å². The molecule has 7 heteroatoms. The molecule has 21 heavy (non-hydrogen) atoms. The number of aryl methyl sites for hydroxylation is 1. The van der Waals surface area contributed by atoms with Crippen molar-refractivity contribution in [2.45, 2.75) is 33.1 Å². The van der Waals surface area contributed by atoms with Crippen molar-refractivity contribution in [2.75, 3.05) is 31.6 Å². The molecule has 0 aliphatic rings. The first-order valence-corrected chi connectivity index (χ1v) is 7.94. The highest BCUT2D eigenvalue weighted by Gasteiger charge is 2.18. The highest BCUT2D eigenvalue weighted by atomic mass is 32.1. The molecule has 1 rings (SSSR count). The van der Waals surface area contributed by atoms with Gasteiger partial charge in [-0.25, -0.2) is 4.98 Å². The van der Waals surface area contributed by atoms with Crippen LogP contribution < -0.4 is 4.90 Å². The number of carbonyl (C=O) groups is 2. The van der Waals surface area contributed by atoms with Crippen LogP contribution in [0.2, 0.25) is 0 Å². The second kappa shape index (κ2) is 8.61. The highest BCUT2D eigenvalue weighted by molar-refractivity contribution is 7.13. The van der Waals surface area contributed by atoms with Crippen molar-refractivity contribution in [1.82, 2.24) is 9.88 Å². The zero-order chi connectivity index (χ0) is 15.8. The lowest BCUT2D eigenvalue weighted by molar-refractivity contribution is -0.137. The van der Waals surface area contributed by atoms with E-state index in [9.17, 15) is 9.59 Å². The van der Waals surface area contributed by atoms with Crippen molar-refractivity contribution in [2.24, 2.45) is 0 Å². The lowest BCUT2D eigenvalue weighted by Gasteiger charge is -2.24. The summed E-state index contributed by atoms with van der Waals surface area (Å²) in [4.78, 5) is 30.7. The fourth-order valence-electron chi connectivity index (χ4n) is 1.76. The van der Waals surface area contributed by atoms with Gasteiger partial charge in [0.25, 0.3) is 0 Å². The number of unbranched alkanes of at least 4 members (excludes halogenated alkanes) is 1. The van der Waals surface area contributed by atoms with E-state index in [1.165, 1.54) is 11.3 Å². The molecule has 0 aromatic carbocycles. The molecule has 0 radical (unpaired) electrons. The predicted octanol–water partition coefficient (Wildman–Crippen LogP) is 1.99. The van der Waals surface area contributed by atoms with Gasteiger partial charge in [-0.3, -0.25) is 9.59 Å². The van der Waals surface area contributed by atoms with Crippen LogP contribution in [0.3, 0.4) is 0 Å². The van der Waals surface area contributed by atoms with Gasteiger partial charge in [-0.2, -0.15) is 0 Å². The molecule has 1 aromatic rings. The molecule has 1 N–H and O–H groups in total. The van der Waals surface area contributed by atoms with Crippen LogP contribution in [0.4, 0.5) is 5.13 Å². The molecule has 118 valence electrons. The Labute approximate surface area is 129 Å². The van der Waals surface area contributed by atoms with Crippen LogP contribution in [0.25, 0.3) is 0 Å². The quantitative estimate of drug-likeness (QED) is 0.755. The number of amides is 1. The third-order valence-corrected chi connectivity index (χ3v) is 4.09. The SMILES string of the molecule is CCCCN(C)C(=O)CN(CCC(=O)O)c1nc(C)cs1. The molecule has 0 atom stereocenters. The summed E-state index contributed by atoms with van der Waals surface area (Å²) in [6.07, 6.45) is 1.99. The summed E-state index contributed by atoms with van der Waals surface area (Å²) in [7, 11) is 1.78. The zero-order valence-electron chi connectivity index (χ0n) is 12.8. The van der Waals surface area contributed by atoms with E-state index in [2.05, 4.69) is 11.9 Å². The number of rotatable bonds is 9. The summed E-state index contributed by atoms with van der Waals surface area (Å²) >= 11 is 1.43. The predicted molar refractivity (Wildman–Crippen MR) is 83.9 cm³/mol. The number of carbonyl (C=O) groups excluding carboxylic acids is 1. The maximum Gasteiger partial charge on any atom is 0.305 e. The first-order chi connectivity index (χ1) is 9.93. The number of carboxylic acid groups (broad SMARTS) is 1. The number of aliphatic carboxylic acids is 1. The number of hydrogen-bond acceptors (Lipinski definition) is 5. The number of hydrogen-bond donors (Lipinski definition) is 1. The van der Waals surface area contributed by atoms with Crippen LogP contribution in [0.5, 0.6) is 0 Å². The minimum Gasteiger partial charge on any atom is -0.481 e. The standard InChI is InChI=1S/C14H23N3O3S/c1-4-5-7-16(3)12(18)9-17(8-6-13(19)20)14-15-11(2)10-21-14/h10H,4-9H2,1-3H3,(H,19,20). The number of aromatic nitrogens is 1. The van der Waals surface area contributed by atoms with Crippen LogP contribution >= 0.6 is 11.3 Å². The Bertz CT molecular complexity index is 476. The average molecular weight is 313 g/mol. The summed E-state index contributed by atoms with van der Waals surface area (Å²) < 4.78 is 0. The van der Waals surface area contributed by atoms with Crippen LogP contribution in [-0.2, 0) is 9.59 Å².